The van der Waals surface area contributed by atoms with Crippen LogP contribution < -0.4 is 10.1 Å². The van der Waals surface area contributed by atoms with Crippen molar-refractivity contribution in [2.75, 3.05) is 11.9 Å². The molecule has 0 fully saturated rings. The number of nitriles is 2. The van der Waals surface area contributed by atoms with E-state index in [0.29, 0.717) is 23.6 Å². The number of nitrogens with zero attached hydrogens (tertiary/aromatic N) is 3. The van der Waals surface area contributed by atoms with Crippen LogP contribution in [-0.4, -0.2) is 17.1 Å². The summed E-state index contributed by atoms with van der Waals surface area (Å²) in [6.45, 7) is 10.3. The Morgan fingerprint density at radius 3 is 2.47 bits per heavy atom. The zero-order chi connectivity index (χ0) is 23.4. The lowest BCUT2D eigenvalue weighted by Crippen LogP contribution is -2.13. The van der Waals surface area contributed by atoms with Gasteiger partial charge in [-0.15, -0.1) is 11.3 Å². The van der Waals surface area contributed by atoms with Crippen LogP contribution in [0.25, 0.3) is 11.1 Å². The number of hydrogen-bond acceptors (Lipinski definition) is 5. The molecular formula is C25H24N4O2S. The molecule has 32 heavy (non-hydrogen) atoms. The van der Waals surface area contributed by atoms with Gasteiger partial charge in [0.25, 0.3) is 5.91 Å². The van der Waals surface area contributed by atoms with Crippen LogP contribution in [0.15, 0.2) is 35.9 Å². The highest BCUT2D eigenvalue weighted by Crippen LogP contribution is 2.34. The highest BCUT2D eigenvalue weighted by molar-refractivity contribution is 7.14. The lowest BCUT2D eigenvalue weighted by Gasteiger charge is -2.08. The maximum absolute atomic E-state index is 12.7. The molecule has 3 rings (SSSR count). The van der Waals surface area contributed by atoms with Crippen LogP contribution in [0.2, 0.25) is 0 Å². The van der Waals surface area contributed by atoms with Crippen molar-refractivity contribution >= 4 is 29.0 Å². The van der Waals surface area contributed by atoms with Crippen LogP contribution in [0, 0.1) is 50.4 Å². The molecule has 7 heteroatoms. The first-order valence-electron chi connectivity index (χ1n) is 10.2. The van der Waals surface area contributed by atoms with Gasteiger partial charge in [0, 0.05) is 22.0 Å². The molecule has 0 atom stereocenters. The summed E-state index contributed by atoms with van der Waals surface area (Å²) in [5.74, 6) is 0.228. The van der Waals surface area contributed by atoms with Gasteiger partial charge in [-0.3, -0.25) is 4.79 Å². The third-order valence-electron chi connectivity index (χ3n) is 5.24. The van der Waals surface area contributed by atoms with Crippen molar-refractivity contribution < 1.29 is 9.53 Å². The van der Waals surface area contributed by atoms with Gasteiger partial charge in [0.05, 0.1) is 12.2 Å². The Bertz CT molecular complexity index is 1280. The molecule has 0 aliphatic heterocycles. The SMILES string of the molecule is CCOc1ccc(NC(=O)/C(C#N)=C\c2cc(C)n(-c3sc(C)c(C)c3C#N)c2C)cc1. The number of amides is 1. The summed E-state index contributed by atoms with van der Waals surface area (Å²) in [5, 5.41) is 22.8. The van der Waals surface area contributed by atoms with Gasteiger partial charge < -0.3 is 14.6 Å². The fourth-order valence-electron chi connectivity index (χ4n) is 3.45. The van der Waals surface area contributed by atoms with E-state index in [1.54, 1.807) is 41.7 Å². The van der Waals surface area contributed by atoms with Gasteiger partial charge in [0.15, 0.2) is 0 Å². The third-order valence-corrected chi connectivity index (χ3v) is 6.43. The molecule has 0 bridgehead atoms. The van der Waals surface area contributed by atoms with Crippen molar-refractivity contribution in [3.63, 3.8) is 0 Å². The van der Waals surface area contributed by atoms with Crippen molar-refractivity contribution in [3.8, 4) is 22.9 Å². The van der Waals surface area contributed by atoms with Gasteiger partial charge in [-0.1, -0.05) is 0 Å². The second kappa shape index (κ2) is 9.55. The molecule has 0 spiro atoms. The standard InChI is InChI=1S/C25H24N4O2S/c1-6-31-22-9-7-21(8-10-22)28-24(30)20(13-26)12-19-11-15(2)29(17(19)4)25-23(14-27)16(3)18(5)32-25/h7-12H,6H2,1-5H3,(H,28,30)/b20-12-. The predicted molar refractivity (Wildman–Crippen MR) is 127 cm³/mol. The van der Waals surface area contributed by atoms with E-state index < -0.39 is 5.91 Å². The van der Waals surface area contributed by atoms with Crippen LogP contribution in [0.3, 0.4) is 0 Å². The van der Waals surface area contributed by atoms with Crippen LogP contribution in [-0.2, 0) is 4.79 Å². The molecule has 6 nitrogen and oxygen atoms in total. The molecule has 1 amide bonds. The van der Waals surface area contributed by atoms with Gasteiger partial charge >= 0.3 is 0 Å². The average Bonchev–Trinajstić information content (AvgIpc) is 3.21. The zero-order valence-electron chi connectivity index (χ0n) is 18.7. The van der Waals surface area contributed by atoms with Crippen molar-refractivity contribution in [3.05, 3.63) is 68.9 Å². The minimum atomic E-state index is -0.484. The number of aromatic nitrogens is 1. The first-order chi connectivity index (χ1) is 15.3. The smallest absolute Gasteiger partial charge is 0.266 e. The summed E-state index contributed by atoms with van der Waals surface area (Å²) in [4.78, 5) is 13.8. The van der Waals surface area contributed by atoms with E-state index in [-0.39, 0.29) is 5.57 Å². The highest BCUT2D eigenvalue weighted by atomic mass is 32.1. The van der Waals surface area contributed by atoms with Gasteiger partial charge in [0.2, 0.25) is 0 Å². The average molecular weight is 445 g/mol. The van der Waals surface area contributed by atoms with E-state index in [1.807, 2.05) is 51.3 Å². The molecule has 1 aromatic carbocycles. The number of anilines is 1. The van der Waals surface area contributed by atoms with Crippen molar-refractivity contribution in [1.82, 2.24) is 4.57 Å². The van der Waals surface area contributed by atoms with E-state index in [2.05, 4.69) is 11.4 Å². The zero-order valence-corrected chi connectivity index (χ0v) is 19.6. The molecule has 3 aromatic rings. The first-order valence-corrected chi connectivity index (χ1v) is 11.0. The summed E-state index contributed by atoms with van der Waals surface area (Å²) < 4.78 is 7.41. The van der Waals surface area contributed by atoms with E-state index in [9.17, 15) is 15.3 Å². The van der Waals surface area contributed by atoms with Gasteiger partial charge in [0.1, 0.15) is 28.5 Å². The molecule has 0 radical (unpaired) electrons. The minimum Gasteiger partial charge on any atom is -0.494 e. The summed E-state index contributed by atoms with van der Waals surface area (Å²) in [6.07, 6.45) is 1.59. The Balaban J connectivity index is 1.92. The summed E-state index contributed by atoms with van der Waals surface area (Å²) in [7, 11) is 0. The van der Waals surface area contributed by atoms with E-state index >= 15 is 0 Å². The Labute approximate surface area is 192 Å². The van der Waals surface area contributed by atoms with Crippen LogP contribution in [0.4, 0.5) is 5.69 Å². The van der Waals surface area contributed by atoms with Crippen LogP contribution >= 0.6 is 11.3 Å². The molecular weight excluding hydrogens is 420 g/mol. The normalized spacial score (nSPS) is 11.0. The van der Waals surface area contributed by atoms with Gasteiger partial charge in [-0.2, -0.15) is 10.5 Å². The Hall–Kier alpha value is -3.81. The van der Waals surface area contributed by atoms with Gasteiger partial charge in [-0.05, 0) is 82.2 Å². The number of benzene rings is 1. The molecule has 0 saturated carbocycles. The minimum absolute atomic E-state index is 0.00168. The van der Waals surface area contributed by atoms with E-state index in [1.165, 1.54) is 0 Å². The summed E-state index contributed by atoms with van der Waals surface area (Å²) in [6, 6.07) is 13.2. The number of nitrogens with one attached hydrogen (secondary N) is 1. The fourth-order valence-corrected chi connectivity index (χ4v) is 4.67. The number of ether oxygens (including phenoxy) is 1. The summed E-state index contributed by atoms with van der Waals surface area (Å²) in [5.41, 5.74) is 4.75. The quantitative estimate of drug-likeness (QED) is 0.396. The summed E-state index contributed by atoms with van der Waals surface area (Å²) >= 11 is 1.56. The van der Waals surface area contributed by atoms with Crippen LogP contribution in [0.1, 0.15) is 39.9 Å². The molecule has 0 saturated heterocycles. The Morgan fingerprint density at radius 1 is 1.19 bits per heavy atom. The second-order valence-corrected chi connectivity index (χ2v) is 8.52. The second-order valence-electron chi connectivity index (χ2n) is 7.32. The number of thiophene rings is 1. The van der Waals surface area contributed by atoms with Gasteiger partial charge in [-0.25, -0.2) is 0 Å². The molecule has 2 aromatic heterocycles. The number of carbonyl (C=O) groups is 1. The molecule has 1 N–H and O–H groups in total. The van der Waals surface area contributed by atoms with E-state index in [4.69, 9.17) is 4.74 Å². The molecule has 0 aliphatic carbocycles. The maximum Gasteiger partial charge on any atom is 0.266 e. The largest absolute Gasteiger partial charge is 0.494 e. The predicted octanol–water partition coefficient (Wildman–Crippen LogP) is 5.59. The highest BCUT2D eigenvalue weighted by Gasteiger charge is 2.19. The van der Waals surface area contributed by atoms with E-state index in [0.717, 1.165) is 32.4 Å². The monoisotopic (exact) mass is 444 g/mol. The van der Waals surface area contributed by atoms with Crippen molar-refractivity contribution in [2.45, 2.75) is 34.6 Å². The third kappa shape index (κ3) is 4.44. The van der Waals surface area contributed by atoms with Crippen molar-refractivity contribution in [2.24, 2.45) is 0 Å². The number of carbonyl (C=O) groups excluding carboxylic acids is 1. The topological polar surface area (TPSA) is 90.8 Å². The maximum atomic E-state index is 12.7. The molecule has 2 heterocycles. The Kier molecular flexibility index (Phi) is 6.82. The molecule has 0 unspecified atom stereocenters. The number of hydrogen-bond donors (Lipinski definition) is 1. The fraction of sp³-hybridized carbons (Fsp3) is 0.240. The molecule has 162 valence electrons. The Morgan fingerprint density at radius 2 is 1.88 bits per heavy atom. The molecule has 0 aliphatic rings. The van der Waals surface area contributed by atoms with Crippen molar-refractivity contribution in [1.29, 1.82) is 10.5 Å². The first kappa shape index (κ1) is 22.9. The lowest BCUT2D eigenvalue weighted by atomic mass is 10.1. The lowest BCUT2D eigenvalue weighted by molar-refractivity contribution is -0.112. The number of aryl methyl sites for hydroxylation is 2. The van der Waals surface area contributed by atoms with Crippen LogP contribution in [0.5, 0.6) is 5.75 Å². The number of rotatable bonds is 6.